The fraction of sp³-hybridized carbons (Fsp3) is 0.480. The molecule has 1 rings (SSSR count). The van der Waals surface area contributed by atoms with Crippen LogP contribution in [0.2, 0.25) is 0 Å². The first kappa shape index (κ1) is 23.0. The molecule has 0 amide bonds. The monoisotopic (exact) mass is 366 g/mol. The van der Waals surface area contributed by atoms with E-state index in [4.69, 9.17) is 0 Å². The van der Waals surface area contributed by atoms with Gasteiger partial charge >= 0.3 is 0 Å². The van der Waals surface area contributed by atoms with Crippen LogP contribution in [-0.4, -0.2) is 30.9 Å². The van der Waals surface area contributed by atoms with E-state index < -0.39 is 0 Å². The third kappa shape index (κ3) is 13.7. The van der Waals surface area contributed by atoms with E-state index in [0.29, 0.717) is 0 Å². The van der Waals surface area contributed by atoms with Gasteiger partial charge in [0.05, 0.1) is 12.4 Å². The largest absolute Gasteiger partial charge is 0.362 e. The van der Waals surface area contributed by atoms with Crippen LogP contribution >= 0.6 is 0 Å². The summed E-state index contributed by atoms with van der Waals surface area (Å²) < 4.78 is 0. The van der Waals surface area contributed by atoms with Gasteiger partial charge in [0.2, 0.25) is 0 Å². The lowest BCUT2D eigenvalue weighted by molar-refractivity contribution is 0.545. The van der Waals surface area contributed by atoms with Crippen LogP contribution < -0.4 is 0 Å². The average molecular weight is 367 g/mol. The van der Waals surface area contributed by atoms with Crippen molar-refractivity contribution in [2.45, 2.75) is 58.3 Å². The van der Waals surface area contributed by atoms with Gasteiger partial charge in [0.15, 0.2) is 0 Å². The molecule has 2 nitrogen and oxygen atoms in total. The molecule has 0 radical (unpaired) electrons. The third-order valence-electron chi connectivity index (χ3n) is 4.30. The van der Waals surface area contributed by atoms with Crippen LogP contribution in [0.5, 0.6) is 0 Å². The quantitative estimate of drug-likeness (QED) is 0.308. The summed E-state index contributed by atoms with van der Waals surface area (Å²) in [6.45, 7) is 4.21. The minimum Gasteiger partial charge on any atom is -0.362 e. The summed E-state index contributed by atoms with van der Waals surface area (Å²) in [5.41, 5.74) is 0. The van der Waals surface area contributed by atoms with Gasteiger partial charge in [-0.05, 0) is 44.9 Å². The van der Waals surface area contributed by atoms with E-state index in [-0.39, 0.29) is 0 Å². The molecule has 0 aromatic heterocycles. The van der Waals surface area contributed by atoms with Gasteiger partial charge in [-0.25, -0.2) is 0 Å². The zero-order valence-electron chi connectivity index (χ0n) is 17.4. The Balaban J connectivity index is 1.94. The maximum absolute atomic E-state index is 4.51. The maximum Gasteiger partial charge on any atom is 0.0990 e. The fourth-order valence-corrected chi connectivity index (χ4v) is 2.70. The van der Waals surface area contributed by atoms with Crippen molar-refractivity contribution in [2.24, 2.45) is 4.99 Å². The molecular formula is C25H38N2. The molecule has 0 aromatic rings. The van der Waals surface area contributed by atoms with Crippen molar-refractivity contribution in [2.75, 3.05) is 20.1 Å². The van der Waals surface area contributed by atoms with E-state index in [2.05, 4.69) is 96.8 Å². The predicted molar refractivity (Wildman–Crippen MR) is 122 cm³/mol. The van der Waals surface area contributed by atoms with Crippen LogP contribution in [0.1, 0.15) is 58.3 Å². The van der Waals surface area contributed by atoms with E-state index in [1.165, 1.54) is 5.84 Å². The lowest BCUT2D eigenvalue weighted by Gasteiger charge is -2.12. The van der Waals surface area contributed by atoms with Crippen molar-refractivity contribution >= 4 is 5.84 Å². The zero-order valence-corrected chi connectivity index (χ0v) is 17.4. The molecule has 0 fully saturated rings. The lowest BCUT2D eigenvalue weighted by atomic mass is 10.2. The molecule has 0 aliphatic carbocycles. The summed E-state index contributed by atoms with van der Waals surface area (Å²) in [6, 6.07) is 0. The molecule has 0 spiro atoms. The number of allylic oxidation sites excluding steroid dienone is 12. The van der Waals surface area contributed by atoms with Crippen LogP contribution in [-0.2, 0) is 0 Å². The first-order valence-corrected chi connectivity index (χ1v) is 10.5. The van der Waals surface area contributed by atoms with Gasteiger partial charge in [0, 0.05) is 20.0 Å². The van der Waals surface area contributed by atoms with Gasteiger partial charge in [0.25, 0.3) is 0 Å². The highest BCUT2D eigenvalue weighted by atomic mass is 15.2. The maximum atomic E-state index is 4.51. The highest BCUT2D eigenvalue weighted by Gasteiger charge is 2.09. The number of nitrogens with zero attached hydrogens (tertiary/aromatic N) is 2. The molecule has 27 heavy (non-hydrogen) atoms. The highest BCUT2D eigenvalue weighted by molar-refractivity contribution is 5.83. The number of amidine groups is 1. The summed E-state index contributed by atoms with van der Waals surface area (Å²) in [4.78, 5) is 6.77. The van der Waals surface area contributed by atoms with Gasteiger partial charge in [-0.2, -0.15) is 0 Å². The van der Waals surface area contributed by atoms with E-state index in [1.54, 1.807) is 0 Å². The van der Waals surface area contributed by atoms with Crippen molar-refractivity contribution in [3.63, 3.8) is 0 Å². The first-order chi connectivity index (χ1) is 13.3. The topological polar surface area (TPSA) is 15.6 Å². The SMILES string of the molecule is CC/C=C/C/C=C/C/C=C/C/C=C/C/C=C/C/C=C/CCC1=NCCN1C. The first-order valence-electron chi connectivity index (χ1n) is 10.5. The van der Waals surface area contributed by atoms with Crippen LogP contribution in [0.4, 0.5) is 0 Å². The molecule has 0 saturated carbocycles. The van der Waals surface area contributed by atoms with Gasteiger partial charge in [-0.15, -0.1) is 0 Å². The fourth-order valence-electron chi connectivity index (χ4n) is 2.70. The highest BCUT2D eigenvalue weighted by Crippen LogP contribution is 2.05. The van der Waals surface area contributed by atoms with Crippen molar-refractivity contribution in [1.82, 2.24) is 4.90 Å². The number of likely N-dealkylation sites (N-methyl/N-ethyl adjacent to an activating group) is 1. The Hall–Kier alpha value is -2.09. The molecule has 0 atom stereocenters. The normalized spacial score (nSPS) is 15.9. The van der Waals surface area contributed by atoms with Crippen LogP contribution in [0.3, 0.4) is 0 Å². The van der Waals surface area contributed by atoms with Crippen LogP contribution in [0.25, 0.3) is 0 Å². The molecule has 0 saturated heterocycles. The Kier molecular flexibility index (Phi) is 14.7. The molecule has 1 aliphatic rings. The summed E-state index contributed by atoms with van der Waals surface area (Å²) >= 11 is 0. The Morgan fingerprint density at radius 1 is 0.704 bits per heavy atom. The Morgan fingerprint density at radius 2 is 1.15 bits per heavy atom. The average Bonchev–Trinajstić information content (AvgIpc) is 3.08. The number of aliphatic imine (C=N–C) groups is 1. The molecule has 0 unspecified atom stereocenters. The van der Waals surface area contributed by atoms with Gasteiger partial charge < -0.3 is 4.90 Å². The molecule has 148 valence electrons. The standard InChI is InChI=1S/C25H38N2/c1-3-4-5-6-7-8-9-10-11-12-13-14-15-16-17-18-19-20-21-22-25-26-23-24-27(25)2/h4-5,7-8,10-11,13-14,16-17,19-20H,3,6,9,12,15,18,21-24H2,1-2H3/b5-4+,8-7+,11-10+,14-13+,17-16+,20-19+. The molecule has 0 bridgehead atoms. The number of hydrogen-bond acceptors (Lipinski definition) is 2. The third-order valence-corrected chi connectivity index (χ3v) is 4.30. The number of hydrogen-bond donors (Lipinski definition) is 0. The van der Waals surface area contributed by atoms with Crippen molar-refractivity contribution < 1.29 is 0 Å². The minimum atomic E-state index is 0.968. The smallest absolute Gasteiger partial charge is 0.0990 e. The van der Waals surface area contributed by atoms with Crippen molar-refractivity contribution in [1.29, 1.82) is 0 Å². The van der Waals surface area contributed by atoms with Crippen molar-refractivity contribution in [3.8, 4) is 0 Å². The van der Waals surface area contributed by atoms with E-state index in [9.17, 15) is 0 Å². The summed E-state index contributed by atoms with van der Waals surface area (Å²) in [5, 5.41) is 0. The van der Waals surface area contributed by atoms with E-state index >= 15 is 0 Å². The summed E-state index contributed by atoms with van der Waals surface area (Å²) in [6.07, 6.45) is 35.3. The molecule has 0 N–H and O–H groups in total. The molecule has 2 heteroatoms. The van der Waals surface area contributed by atoms with Crippen LogP contribution in [0, 0.1) is 0 Å². The minimum absolute atomic E-state index is 0.968. The predicted octanol–water partition coefficient (Wildman–Crippen LogP) is 6.81. The Bertz CT molecular complexity index is 559. The molecule has 1 heterocycles. The molecular weight excluding hydrogens is 328 g/mol. The molecule has 0 aromatic carbocycles. The number of rotatable bonds is 14. The van der Waals surface area contributed by atoms with Gasteiger partial charge in [-0.1, -0.05) is 79.8 Å². The van der Waals surface area contributed by atoms with Crippen LogP contribution in [0.15, 0.2) is 77.9 Å². The summed E-state index contributed by atoms with van der Waals surface area (Å²) in [5.74, 6) is 1.26. The second-order valence-corrected chi connectivity index (χ2v) is 6.67. The zero-order chi connectivity index (χ0) is 19.4. The van der Waals surface area contributed by atoms with E-state index in [0.717, 1.165) is 64.5 Å². The molecule has 1 aliphatic heterocycles. The Morgan fingerprint density at radius 3 is 1.56 bits per heavy atom. The second-order valence-electron chi connectivity index (χ2n) is 6.67. The second kappa shape index (κ2) is 17.3. The van der Waals surface area contributed by atoms with Gasteiger partial charge in [-0.3, -0.25) is 4.99 Å². The van der Waals surface area contributed by atoms with E-state index in [1.807, 2.05) is 0 Å². The Labute approximate surface area is 167 Å². The van der Waals surface area contributed by atoms with Gasteiger partial charge in [0.1, 0.15) is 0 Å². The van der Waals surface area contributed by atoms with Crippen molar-refractivity contribution in [3.05, 3.63) is 72.9 Å². The summed E-state index contributed by atoms with van der Waals surface area (Å²) in [7, 11) is 2.13. The lowest BCUT2D eigenvalue weighted by Crippen LogP contribution is -2.22.